The molecule has 2 rings (SSSR count). The zero-order valence-electron chi connectivity index (χ0n) is 10.9. The van der Waals surface area contributed by atoms with E-state index in [1.165, 1.54) is 0 Å². The van der Waals surface area contributed by atoms with Gasteiger partial charge in [0.2, 0.25) is 0 Å². The van der Waals surface area contributed by atoms with E-state index >= 15 is 0 Å². The van der Waals surface area contributed by atoms with E-state index in [1.807, 2.05) is 24.3 Å². The van der Waals surface area contributed by atoms with Crippen LogP contribution >= 0.6 is 0 Å². The van der Waals surface area contributed by atoms with Crippen molar-refractivity contribution in [1.82, 2.24) is 4.57 Å². The Labute approximate surface area is 107 Å². The topological polar surface area (TPSA) is 51.3 Å². The van der Waals surface area contributed by atoms with E-state index in [9.17, 15) is 4.79 Å². The number of aryl methyl sites for hydroxylation is 1. The smallest absolute Gasteiger partial charge is 0.252 e. The fourth-order valence-electron chi connectivity index (χ4n) is 2.26. The van der Waals surface area contributed by atoms with Gasteiger partial charge in [0.05, 0.1) is 11.2 Å². The maximum absolute atomic E-state index is 12.0. The predicted molar refractivity (Wildman–Crippen MR) is 76.1 cm³/mol. The average Bonchev–Trinajstić information content (AvgIpc) is 2.40. The van der Waals surface area contributed by atoms with Crippen LogP contribution in [-0.4, -0.2) is 24.2 Å². The van der Waals surface area contributed by atoms with Crippen LogP contribution in [0, 0.1) is 0 Å². The van der Waals surface area contributed by atoms with Crippen LogP contribution in [0.2, 0.25) is 0 Å². The first-order valence-electron chi connectivity index (χ1n) is 6.22. The van der Waals surface area contributed by atoms with Gasteiger partial charge in [-0.2, -0.15) is 0 Å². The predicted octanol–water partition coefficient (Wildman–Crippen LogP) is 1.32. The number of para-hydroxylation sites is 1. The monoisotopic (exact) mass is 245 g/mol. The average molecular weight is 245 g/mol. The van der Waals surface area contributed by atoms with Crippen molar-refractivity contribution in [3.63, 3.8) is 0 Å². The van der Waals surface area contributed by atoms with Crippen LogP contribution in [0.25, 0.3) is 10.9 Å². The van der Waals surface area contributed by atoms with Gasteiger partial charge < -0.3 is 15.2 Å². The number of nitrogens with two attached hydrogens (primary N) is 1. The number of anilines is 1. The molecule has 0 aliphatic carbocycles. The second kappa shape index (κ2) is 5.23. The largest absolute Gasteiger partial charge is 0.370 e. The summed E-state index contributed by atoms with van der Waals surface area (Å²) in [7, 11) is 1.80. The van der Waals surface area contributed by atoms with Gasteiger partial charge in [0.25, 0.3) is 5.56 Å². The Bertz CT molecular complexity index is 604. The van der Waals surface area contributed by atoms with Gasteiger partial charge in [0, 0.05) is 38.1 Å². The Kier molecular flexibility index (Phi) is 3.67. The van der Waals surface area contributed by atoms with Crippen LogP contribution in [0.4, 0.5) is 5.69 Å². The molecule has 0 saturated carbocycles. The molecule has 0 amide bonds. The third-order valence-electron chi connectivity index (χ3n) is 3.25. The van der Waals surface area contributed by atoms with Gasteiger partial charge in [-0.25, -0.2) is 0 Å². The first kappa shape index (κ1) is 12.6. The molecule has 1 aromatic heterocycles. The summed E-state index contributed by atoms with van der Waals surface area (Å²) in [6.45, 7) is 4.25. The number of hydrogen-bond donors (Lipinski definition) is 1. The zero-order valence-corrected chi connectivity index (χ0v) is 10.9. The van der Waals surface area contributed by atoms with E-state index in [0.29, 0.717) is 6.54 Å². The van der Waals surface area contributed by atoms with Crippen molar-refractivity contribution >= 4 is 16.6 Å². The van der Waals surface area contributed by atoms with Crippen molar-refractivity contribution < 1.29 is 0 Å². The van der Waals surface area contributed by atoms with Crippen LogP contribution in [0.5, 0.6) is 0 Å². The molecule has 1 aromatic carbocycles. The molecule has 0 aliphatic rings. The second-order valence-corrected chi connectivity index (χ2v) is 4.31. The van der Waals surface area contributed by atoms with E-state index < -0.39 is 0 Å². The minimum atomic E-state index is 0.0131. The Hall–Kier alpha value is -1.81. The Balaban J connectivity index is 2.70. The summed E-state index contributed by atoms with van der Waals surface area (Å²) < 4.78 is 1.68. The number of likely N-dealkylation sites (N-methyl/N-ethyl adjacent to an activating group) is 1. The van der Waals surface area contributed by atoms with E-state index in [1.54, 1.807) is 17.7 Å². The maximum atomic E-state index is 12.0. The Morgan fingerprint density at radius 1 is 1.33 bits per heavy atom. The highest BCUT2D eigenvalue weighted by molar-refractivity contribution is 5.91. The normalized spacial score (nSPS) is 10.8. The van der Waals surface area contributed by atoms with E-state index in [2.05, 4.69) is 11.8 Å². The maximum Gasteiger partial charge on any atom is 0.252 e. The standard InChI is InChI=1S/C14H19N3O/c1-3-17(9-8-15)13-10-14(18)16(2)12-7-5-4-6-11(12)13/h4-7,10H,3,8-9,15H2,1-2H3. The lowest BCUT2D eigenvalue weighted by atomic mass is 10.1. The molecule has 0 unspecified atom stereocenters. The van der Waals surface area contributed by atoms with Crippen molar-refractivity contribution in [3.8, 4) is 0 Å². The number of pyridine rings is 1. The Morgan fingerprint density at radius 3 is 2.72 bits per heavy atom. The summed E-state index contributed by atoms with van der Waals surface area (Å²) in [6, 6.07) is 9.65. The van der Waals surface area contributed by atoms with Gasteiger partial charge in [-0.1, -0.05) is 18.2 Å². The number of rotatable bonds is 4. The molecular weight excluding hydrogens is 226 g/mol. The van der Waals surface area contributed by atoms with Crippen LogP contribution in [0.15, 0.2) is 35.1 Å². The lowest BCUT2D eigenvalue weighted by Crippen LogP contribution is -2.31. The first-order chi connectivity index (χ1) is 8.69. The van der Waals surface area contributed by atoms with E-state index in [4.69, 9.17) is 5.73 Å². The number of benzene rings is 1. The molecule has 2 N–H and O–H groups in total. The van der Waals surface area contributed by atoms with E-state index in [-0.39, 0.29) is 5.56 Å². The molecule has 1 heterocycles. The highest BCUT2D eigenvalue weighted by atomic mass is 16.1. The number of hydrogen-bond acceptors (Lipinski definition) is 3. The highest BCUT2D eigenvalue weighted by Gasteiger charge is 2.10. The minimum absolute atomic E-state index is 0.0131. The van der Waals surface area contributed by atoms with Gasteiger partial charge in [-0.15, -0.1) is 0 Å². The molecule has 4 nitrogen and oxygen atoms in total. The van der Waals surface area contributed by atoms with Crippen LogP contribution in [0.3, 0.4) is 0 Å². The molecular formula is C14H19N3O. The van der Waals surface area contributed by atoms with Crippen LogP contribution in [0.1, 0.15) is 6.92 Å². The van der Waals surface area contributed by atoms with Crippen LogP contribution < -0.4 is 16.2 Å². The fraction of sp³-hybridized carbons (Fsp3) is 0.357. The quantitative estimate of drug-likeness (QED) is 0.884. The van der Waals surface area contributed by atoms with Crippen LogP contribution in [-0.2, 0) is 7.05 Å². The third-order valence-corrected chi connectivity index (χ3v) is 3.25. The molecule has 96 valence electrons. The molecule has 18 heavy (non-hydrogen) atoms. The molecule has 0 aliphatic heterocycles. The fourth-order valence-corrected chi connectivity index (χ4v) is 2.26. The summed E-state index contributed by atoms with van der Waals surface area (Å²) in [5.74, 6) is 0. The lowest BCUT2D eigenvalue weighted by molar-refractivity contribution is 0.813. The SMILES string of the molecule is CCN(CCN)c1cc(=O)n(C)c2ccccc12. The summed E-state index contributed by atoms with van der Waals surface area (Å²) in [6.07, 6.45) is 0. The van der Waals surface area contributed by atoms with Gasteiger partial charge in [-0.05, 0) is 13.0 Å². The molecule has 0 bridgehead atoms. The number of aromatic nitrogens is 1. The van der Waals surface area contributed by atoms with Gasteiger partial charge in [-0.3, -0.25) is 4.79 Å². The Morgan fingerprint density at radius 2 is 2.06 bits per heavy atom. The minimum Gasteiger partial charge on any atom is -0.370 e. The van der Waals surface area contributed by atoms with Gasteiger partial charge >= 0.3 is 0 Å². The molecule has 0 fully saturated rings. The molecule has 0 atom stereocenters. The lowest BCUT2D eigenvalue weighted by Gasteiger charge is -2.24. The van der Waals surface area contributed by atoms with Gasteiger partial charge in [0.15, 0.2) is 0 Å². The molecule has 2 aromatic rings. The summed E-state index contributed by atoms with van der Waals surface area (Å²) in [4.78, 5) is 14.1. The molecule has 0 radical (unpaired) electrons. The third kappa shape index (κ3) is 2.11. The molecule has 0 spiro atoms. The van der Waals surface area contributed by atoms with E-state index in [0.717, 1.165) is 29.7 Å². The van der Waals surface area contributed by atoms with Crippen molar-refractivity contribution in [2.75, 3.05) is 24.5 Å². The van der Waals surface area contributed by atoms with Crippen molar-refractivity contribution in [1.29, 1.82) is 0 Å². The van der Waals surface area contributed by atoms with Gasteiger partial charge in [0.1, 0.15) is 0 Å². The number of nitrogens with zero attached hydrogens (tertiary/aromatic N) is 2. The van der Waals surface area contributed by atoms with Crippen molar-refractivity contribution in [2.45, 2.75) is 6.92 Å². The van der Waals surface area contributed by atoms with Crippen molar-refractivity contribution in [2.24, 2.45) is 12.8 Å². The zero-order chi connectivity index (χ0) is 13.1. The molecule has 0 saturated heterocycles. The highest BCUT2D eigenvalue weighted by Crippen LogP contribution is 2.24. The summed E-state index contributed by atoms with van der Waals surface area (Å²) in [5, 5.41) is 1.09. The first-order valence-corrected chi connectivity index (χ1v) is 6.22. The summed E-state index contributed by atoms with van der Waals surface area (Å²) >= 11 is 0. The summed E-state index contributed by atoms with van der Waals surface area (Å²) in [5.41, 5.74) is 7.57. The number of fused-ring (bicyclic) bond motifs is 1. The second-order valence-electron chi connectivity index (χ2n) is 4.31. The molecule has 4 heteroatoms. The van der Waals surface area contributed by atoms with Crippen molar-refractivity contribution in [3.05, 3.63) is 40.7 Å².